The minimum atomic E-state index is 0.598. The summed E-state index contributed by atoms with van der Waals surface area (Å²) in [5, 5.41) is 1.00. The Morgan fingerprint density at radius 2 is 2.11 bits per heavy atom. The molecule has 0 atom stereocenters. The number of benzene rings is 1. The molecule has 2 aromatic rings. The van der Waals surface area contributed by atoms with Crippen LogP contribution in [0.2, 0.25) is 0 Å². The topological polar surface area (TPSA) is 48.1 Å². The van der Waals surface area contributed by atoms with Crippen molar-refractivity contribution in [1.29, 1.82) is 0 Å². The molecule has 0 aliphatic heterocycles. The molecule has 0 unspecified atom stereocenters. The molecule has 1 heterocycles. The summed E-state index contributed by atoms with van der Waals surface area (Å²) in [6.07, 6.45) is 2.87. The number of hydrogen-bond acceptors (Lipinski definition) is 3. The standard InChI is InChI=1S/C15H20N2O/c1-11(2)7-9-18-10-12-5-6-14(16)13-4-3-8-17-15(12)13/h3-6,8,11H,7,9-10,16H2,1-2H3. The third-order valence-electron chi connectivity index (χ3n) is 2.98. The van der Waals surface area contributed by atoms with Crippen molar-refractivity contribution in [2.24, 2.45) is 5.92 Å². The number of aromatic nitrogens is 1. The van der Waals surface area contributed by atoms with Crippen molar-refractivity contribution in [2.45, 2.75) is 26.9 Å². The Bertz CT molecular complexity index is 523. The van der Waals surface area contributed by atoms with Gasteiger partial charge in [-0.05, 0) is 30.5 Å². The van der Waals surface area contributed by atoms with E-state index in [1.165, 1.54) is 0 Å². The second-order valence-electron chi connectivity index (χ2n) is 4.95. The van der Waals surface area contributed by atoms with Crippen LogP contribution in [0.1, 0.15) is 25.8 Å². The summed E-state index contributed by atoms with van der Waals surface area (Å²) in [6.45, 7) is 5.78. The normalized spacial score (nSPS) is 11.3. The SMILES string of the molecule is CC(C)CCOCc1ccc(N)c2cccnc12. The number of hydrogen-bond donors (Lipinski definition) is 1. The van der Waals surface area contributed by atoms with Gasteiger partial charge in [0.05, 0.1) is 12.1 Å². The molecule has 96 valence electrons. The highest BCUT2D eigenvalue weighted by atomic mass is 16.5. The maximum Gasteiger partial charge on any atom is 0.0777 e. The molecular formula is C15H20N2O. The summed E-state index contributed by atoms with van der Waals surface area (Å²) in [4.78, 5) is 4.40. The van der Waals surface area contributed by atoms with Crippen LogP contribution in [-0.4, -0.2) is 11.6 Å². The zero-order valence-corrected chi connectivity index (χ0v) is 11.0. The lowest BCUT2D eigenvalue weighted by Gasteiger charge is -2.09. The zero-order valence-electron chi connectivity index (χ0n) is 11.0. The van der Waals surface area contributed by atoms with Crippen LogP contribution >= 0.6 is 0 Å². The van der Waals surface area contributed by atoms with Crippen LogP contribution in [-0.2, 0) is 11.3 Å². The number of rotatable bonds is 5. The second-order valence-corrected chi connectivity index (χ2v) is 4.95. The summed E-state index contributed by atoms with van der Waals surface area (Å²) in [5.74, 6) is 0.672. The van der Waals surface area contributed by atoms with Crippen LogP contribution in [0.3, 0.4) is 0 Å². The first-order chi connectivity index (χ1) is 8.68. The molecular weight excluding hydrogens is 224 g/mol. The lowest BCUT2D eigenvalue weighted by Crippen LogP contribution is -2.01. The van der Waals surface area contributed by atoms with Gasteiger partial charge in [-0.1, -0.05) is 19.9 Å². The van der Waals surface area contributed by atoms with E-state index in [4.69, 9.17) is 10.5 Å². The van der Waals surface area contributed by atoms with E-state index in [2.05, 4.69) is 18.8 Å². The highest BCUT2D eigenvalue weighted by Gasteiger charge is 2.05. The van der Waals surface area contributed by atoms with Crippen LogP contribution in [0, 0.1) is 5.92 Å². The van der Waals surface area contributed by atoms with Gasteiger partial charge in [-0.25, -0.2) is 0 Å². The first-order valence-electron chi connectivity index (χ1n) is 6.38. The van der Waals surface area contributed by atoms with Gasteiger partial charge in [0, 0.05) is 29.4 Å². The van der Waals surface area contributed by atoms with E-state index in [1.54, 1.807) is 6.20 Å². The molecule has 3 heteroatoms. The van der Waals surface area contributed by atoms with Crippen LogP contribution < -0.4 is 5.73 Å². The molecule has 1 aromatic heterocycles. The molecule has 2 rings (SSSR count). The van der Waals surface area contributed by atoms with Crippen molar-refractivity contribution in [1.82, 2.24) is 4.98 Å². The van der Waals surface area contributed by atoms with E-state index in [1.807, 2.05) is 24.3 Å². The Kier molecular flexibility index (Phi) is 4.15. The van der Waals surface area contributed by atoms with Gasteiger partial charge in [0.15, 0.2) is 0 Å². The summed E-state index contributed by atoms with van der Waals surface area (Å²) in [7, 11) is 0. The molecule has 3 nitrogen and oxygen atoms in total. The lowest BCUT2D eigenvalue weighted by molar-refractivity contribution is 0.111. The van der Waals surface area contributed by atoms with Gasteiger partial charge in [0.2, 0.25) is 0 Å². The molecule has 18 heavy (non-hydrogen) atoms. The minimum absolute atomic E-state index is 0.598. The average molecular weight is 244 g/mol. The largest absolute Gasteiger partial charge is 0.398 e. The molecule has 0 aliphatic carbocycles. The number of nitrogens with zero attached hydrogens (tertiary/aromatic N) is 1. The van der Waals surface area contributed by atoms with Crippen molar-refractivity contribution in [3.63, 3.8) is 0 Å². The van der Waals surface area contributed by atoms with E-state index in [0.29, 0.717) is 12.5 Å². The molecule has 0 saturated carbocycles. The van der Waals surface area contributed by atoms with Crippen LogP contribution in [0.15, 0.2) is 30.5 Å². The maximum absolute atomic E-state index is 5.94. The fourth-order valence-electron chi connectivity index (χ4n) is 1.87. The van der Waals surface area contributed by atoms with Gasteiger partial charge >= 0.3 is 0 Å². The molecule has 0 amide bonds. The lowest BCUT2D eigenvalue weighted by atomic mass is 10.1. The van der Waals surface area contributed by atoms with Crippen LogP contribution in [0.5, 0.6) is 0 Å². The van der Waals surface area contributed by atoms with Gasteiger partial charge in [0.25, 0.3) is 0 Å². The monoisotopic (exact) mass is 244 g/mol. The number of nitrogen functional groups attached to an aromatic ring is 1. The molecule has 0 radical (unpaired) electrons. The number of pyridine rings is 1. The quantitative estimate of drug-likeness (QED) is 0.648. The Morgan fingerprint density at radius 1 is 1.28 bits per heavy atom. The Balaban J connectivity index is 2.11. The number of anilines is 1. The van der Waals surface area contributed by atoms with Gasteiger partial charge < -0.3 is 10.5 Å². The highest BCUT2D eigenvalue weighted by Crippen LogP contribution is 2.23. The third-order valence-corrected chi connectivity index (χ3v) is 2.98. The van der Waals surface area contributed by atoms with E-state index in [-0.39, 0.29) is 0 Å². The fraction of sp³-hybridized carbons (Fsp3) is 0.400. The molecule has 0 aliphatic rings. The van der Waals surface area contributed by atoms with Gasteiger partial charge in [-0.15, -0.1) is 0 Å². The molecule has 2 N–H and O–H groups in total. The Hall–Kier alpha value is -1.61. The van der Waals surface area contributed by atoms with Gasteiger partial charge in [0.1, 0.15) is 0 Å². The second kappa shape index (κ2) is 5.83. The van der Waals surface area contributed by atoms with Crippen molar-refractivity contribution in [3.8, 4) is 0 Å². The van der Waals surface area contributed by atoms with Gasteiger partial charge in [-0.2, -0.15) is 0 Å². The van der Waals surface area contributed by atoms with Crippen molar-refractivity contribution < 1.29 is 4.74 Å². The summed E-state index contributed by atoms with van der Waals surface area (Å²) in [6, 6.07) is 7.82. The first-order valence-corrected chi connectivity index (χ1v) is 6.38. The van der Waals surface area contributed by atoms with E-state index < -0.39 is 0 Å². The number of ether oxygens (including phenoxy) is 1. The van der Waals surface area contributed by atoms with Gasteiger partial charge in [-0.3, -0.25) is 4.98 Å². The summed E-state index contributed by atoms with van der Waals surface area (Å²) in [5.41, 5.74) is 8.75. The molecule has 1 aromatic carbocycles. The molecule has 0 saturated heterocycles. The van der Waals surface area contributed by atoms with E-state index >= 15 is 0 Å². The van der Waals surface area contributed by atoms with Crippen molar-refractivity contribution in [3.05, 3.63) is 36.0 Å². The predicted octanol–water partition coefficient (Wildman–Crippen LogP) is 3.38. The Morgan fingerprint density at radius 3 is 2.89 bits per heavy atom. The smallest absolute Gasteiger partial charge is 0.0777 e. The predicted molar refractivity (Wildman–Crippen MR) is 75.3 cm³/mol. The van der Waals surface area contributed by atoms with Crippen molar-refractivity contribution >= 4 is 16.6 Å². The zero-order chi connectivity index (χ0) is 13.0. The first kappa shape index (κ1) is 12.8. The molecule has 0 spiro atoms. The average Bonchev–Trinajstić information content (AvgIpc) is 2.37. The van der Waals surface area contributed by atoms with E-state index in [9.17, 15) is 0 Å². The summed E-state index contributed by atoms with van der Waals surface area (Å²) >= 11 is 0. The number of fused-ring (bicyclic) bond motifs is 1. The van der Waals surface area contributed by atoms with E-state index in [0.717, 1.165) is 35.2 Å². The Labute approximate surface area is 108 Å². The molecule has 0 fully saturated rings. The molecule has 0 bridgehead atoms. The maximum atomic E-state index is 5.94. The fourth-order valence-corrected chi connectivity index (χ4v) is 1.87. The number of nitrogens with two attached hydrogens (primary N) is 1. The highest BCUT2D eigenvalue weighted by molar-refractivity contribution is 5.92. The summed E-state index contributed by atoms with van der Waals surface area (Å²) < 4.78 is 5.70. The van der Waals surface area contributed by atoms with Crippen LogP contribution in [0.25, 0.3) is 10.9 Å². The van der Waals surface area contributed by atoms with Crippen LogP contribution in [0.4, 0.5) is 5.69 Å². The van der Waals surface area contributed by atoms with Crippen molar-refractivity contribution in [2.75, 3.05) is 12.3 Å². The minimum Gasteiger partial charge on any atom is -0.398 e. The third kappa shape index (κ3) is 2.99.